The highest BCUT2D eigenvalue weighted by Gasteiger charge is 2.39. The Labute approximate surface area is 124 Å². The predicted molar refractivity (Wildman–Crippen MR) is 78.2 cm³/mol. The van der Waals surface area contributed by atoms with E-state index in [2.05, 4.69) is 0 Å². The van der Waals surface area contributed by atoms with Crippen LogP contribution in [0.2, 0.25) is 0 Å². The number of benzene rings is 1. The number of halogens is 1. The van der Waals surface area contributed by atoms with E-state index in [1.54, 1.807) is 12.1 Å². The van der Waals surface area contributed by atoms with E-state index in [9.17, 15) is 14.3 Å². The molecule has 0 aromatic heterocycles. The molecule has 114 valence electrons. The van der Waals surface area contributed by atoms with E-state index in [0.29, 0.717) is 6.42 Å². The SMILES string of the molecule is O=C(Cc1ccc(F)cc1)N1CCCC1C1CCCC1O. The minimum absolute atomic E-state index is 0.100. The third kappa shape index (κ3) is 3.10. The number of hydrogen-bond donors (Lipinski definition) is 1. The fourth-order valence-corrected chi connectivity index (χ4v) is 3.84. The van der Waals surface area contributed by atoms with Gasteiger partial charge in [0.2, 0.25) is 5.91 Å². The van der Waals surface area contributed by atoms with Crippen molar-refractivity contribution in [1.82, 2.24) is 4.90 Å². The molecule has 3 unspecified atom stereocenters. The van der Waals surface area contributed by atoms with E-state index in [4.69, 9.17) is 0 Å². The molecule has 1 aliphatic heterocycles. The highest BCUT2D eigenvalue weighted by Crippen LogP contribution is 2.36. The molecule has 4 heteroatoms. The first-order valence-electron chi connectivity index (χ1n) is 7.87. The summed E-state index contributed by atoms with van der Waals surface area (Å²) in [4.78, 5) is 14.5. The van der Waals surface area contributed by atoms with Crippen molar-refractivity contribution < 1.29 is 14.3 Å². The van der Waals surface area contributed by atoms with Gasteiger partial charge in [0.25, 0.3) is 0 Å². The van der Waals surface area contributed by atoms with Crippen LogP contribution in [0, 0.1) is 11.7 Å². The van der Waals surface area contributed by atoms with Crippen LogP contribution in [0.15, 0.2) is 24.3 Å². The van der Waals surface area contributed by atoms with Crippen LogP contribution < -0.4 is 0 Å². The molecule has 1 saturated heterocycles. The fourth-order valence-electron chi connectivity index (χ4n) is 3.84. The van der Waals surface area contributed by atoms with Crippen molar-refractivity contribution >= 4 is 5.91 Å². The molecule has 2 fully saturated rings. The molecule has 1 aromatic carbocycles. The van der Waals surface area contributed by atoms with Crippen LogP contribution in [0.25, 0.3) is 0 Å². The molecule has 1 saturated carbocycles. The van der Waals surface area contributed by atoms with E-state index < -0.39 is 0 Å². The number of likely N-dealkylation sites (tertiary alicyclic amines) is 1. The van der Waals surface area contributed by atoms with E-state index in [-0.39, 0.29) is 29.8 Å². The van der Waals surface area contributed by atoms with E-state index >= 15 is 0 Å². The molecule has 0 radical (unpaired) electrons. The van der Waals surface area contributed by atoms with Gasteiger partial charge in [-0.05, 0) is 43.4 Å². The summed E-state index contributed by atoms with van der Waals surface area (Å²) < 4.78 is 12.9. The molecule has 0 spiro atoms. The molecule has 3 nitrogen and oxygen atoms in total. The average molecular weight is 291 g/mol. The summed E-state index contributed by atoms with van der Waals surface area (Å²) in [6.45, 7) is 0.786. The summed E-state index contributed by atoms with van der Waals surface area (Å²) in [5.41, 5.74) is 0.846. The molecule has 3 atom stereocenters. The maximum atomic E-state index is 12.9. The Morgan fingerprint density at radius 2 is 1.95 bits per heavy atom. The first-order valence-corrected chi connectivity index (χ1v) is 7.87. The van der Waals surface area contributed by atoms with Crippen molar-refractivity contribution in [2.75, 3.05) is 6.54 Å². The van der Waals surface area contributed by atoms with Gasteiger partial charge < -0.3 is 10.0 Å². The summed E-state index contributed by atoms with van der Waals surface area (Å²) >= 11 is 0. The first kappa shape index (κ1) is 14.5. The lowest BCUT2D eigenvalue weighted by Crippen LogP contribution is -2.43. The van der Waals surface area contributed by atoms with Crippen molar-refractivity contribution in [2.45, 2.75) is 50.7 Å². The van der Waals surface area contributed by atoms with Gasteiger partial charge in [0.1, 0.15) is 5.82 Å². The van der Waals surface area contributed by atoms with Crippen LogP contribution in [-0.2, 0) is 11.2 Å². The number of nitrogens with zero attached hydrogens (tertiary/aromatic N) is 1. The van der Waals surface area contributed by atoms with Crippen LogP contribution >= 0.6 is 0 Å². The van der Waals surface area contributed by atoms with Crippen LogP contribution in [0.4, 0.5) is 4.39 Å². The molecule has 1 aliphatic carbocycles. The second-order valence-corrected chi connectivity index (χ2v) is 6.26. The van der Waals surface area contributed by atoms with Gasteiger partial charge >= 0.3 is 0 Å². The molecule has 21 heavy (non-hydrogen) atoms. The number of aliphatic hydroxyl groups is 1. The highest BCUT2D eigenvalue weighted by molar-refractivity contribution is 5.79. The Kier molecular flexibility index (Phi) is 4.24. The lowest BCUT2D eigenvalue weighted by Gasteiger charge is -2.31. The zero-order valence-electron chi connectivity index (χ0n) is 12.2. The second-order valence-electron chi connectivity index (χ2n) is 6.26. The van der Waals surface area contributed by atoms with Crippen LogP contribution in [0.1, 0.15) is 37.7 Å². The van der Waals surface area contributed by atoms with Crippen molar-refractivity contribution in [1.29, 1.82) is 0 Å². The van der Waals surface area contributed by atoms with Crippen LogP contribution in [0.3, 0.4) is 0 Å². The number of amides is 1. The van der Waals surface area contributed by atoms with Crippen molar-refractivity contribution in [3.8, 4) is 0 Å². The largest absolute Gasteiger partial charge is 0.393 e. The van der Waals surface area contributed by atoms with Gasteiger partial charge in [-0.25, -0.2) is 4.39 Å². The maximum Gasteiger partial charge on any atom is 0.227 e. The quantitative estimate of drug-likeness (QED) is 0.929. The summed E-state index contributed by atoms with van der Waals surface area (Å²) in [5, 5.41) is 10.1. The first-order chi connectivity index (χ1) is 10.1. The Morgan fingerprint density at radius 3 is 2.62 bits per heavy atom. The third-order valence-corrected chi connectivity index (χ3v) is 4.91. The Bertz CT molecular complexity index is 502. The lowest BCUT2D eigenvalue weighted by atomic mass is 9.93. The highest BCUT2D eigenvalue weighted by atomic mass is 19.1. The Hall–Kier alpha value is -1.42. The smallest absolute Gasteiger partial charge is 0.227 e. The summed E-state index contributed by atoms with van der Waals surface area (Å²) in [6.07, 6.45) is 5.02. The summed E-state index contributed by atoms with van der Waals surface area (Å²) in [7, 11) is 0. The average Bonchev–Trinajstić information content (AvgIpc) is 3.09. The molecular weight excluding hydrogens is 269 g/mol. The van der Waals surface area contributed by atoms with Gasteiger partial charge in [0.05, 0.1) is 12.5 Å². The number of carbonyl (C=O) groups excluding carboxylic acids is 1. The molecule has 1 N–H and O–H groups in total. The summed E-state index contributed by atoms with van der Waals surface area (Å²) in [5.74, 6) is 0.0622. The number of rotatable bonds is 3. The molecular formula is C17H22FNO2. The summed E-state index contributed by atoms with van der Waals surface area (Å²) in [6, 6.07) is 6.32. The third-order valence-electron chi connectivity index (χ3n) is 4.91. The number of aliphatic hydroxyl groups excluding tert-OH is 1. The van der Waals surface area contributed by atoms with Gasteiger partial charge in [0, 0.05) is 18.5 Å². The molecule has 2 aliphatic rings. The molecule has 0 bridgehead atoms. The maximum absolute atomic E-state index is 12.9. The zero-order chi connectivity index (χ0) is 14.8. The Balaban J connectivity index is 1.67. The molecule has 1 amide bonds. The molecule has 3 rings (SSSR count). The van der Waals surface area contributed by atoms with Crippen LogP contribution in [-0.4, -0.2) is 34.6 Å². The van der Waals surface area contributed by atoms with Gasteiger partial charge in [-0.1, -0.05) is 18.6 Å². The van der Waals surface area contributed by atoms with Crippen molar-refractivity contribution in [3.63, 3.8) is 0 Å². The van der Waals surface area contributed by atoms with E-state index in [1.165, 1.54) is 12.1 Å². The van der Waals surface area contributed by atoms with Crippen molar-refractivity contribution in [3.05, 3.63) is 35.6 Å². The predicted octanol–water partition coefficient (Wildman–Crippen LogP) is 2.52. The number of hydrogen-bond acceptors (Lipinski definition) is 2. The van der Waals surface area contributed by atoms with Gasteiger partial charge in [-0.2, -0.15) is 0 Å². The Morgan fingerprint density at radius 1 is 1.19 bits per heavy atom. The number of carbonyl (C=O) groups is 1. The van der Waals surface area contributed by atoms with Gasteiger partial charge in [-0.15, -0.1) is 0 Å². The van der Waals surface area contributed by atoms with Crippen molar-refractivity contribution in [2.24, 2.45) is 5.92 Å². The van der Waals surface area contributed by atoms with Gasteiger partial charge in [-0.3, -0.25) is 4.79 Å². The minimum Gasteiger partial charge on any atom is -0.393 e. The molecule has 1 aromatic rings. The lowest BCUT2D eigenvalue weighted by molar-refractivity contribution is -0.132. The second kappa shape index (κ2) is 6.14. The van der Waals surface area contributed by atoms with Crippen LogP contribution in [0.5, 0.6) is 0 Å². The van der Waals surface area contributed by atoms with Gasteiger partial charge in [0.15, 0.2) is 0 Å². The standard InChI is InChI=1S/C17H22FNO2/c18-13-8-6-12(7-9-13)11-17(21)19-10-2-4-15(19)14-3-1-5-16(14)20/h6-9,14-16,20H,1-5,10-11H2. The van der Waals surface area contributed by atoms with E-state index in [1.807, 2.05) is 4.90 Å². The fraction of sp³-hybridized carbons (Fsp3) is 0.588. The minimum atomic E-state index is -0.278. The normalized spacial score (nSPS) is 29.0. The van der Waals surface area contributed by atoms with E-state index in [0.717, 1.165) is 44.2 Å². The zero-order valence-corrected chi connectivity index (χ0v) is 12.2. The molecule has 1 heterocycles. The monoisotopic (exact) mass is 291 g/mol. The topological polar surface area (TPSA) is 40.5 Å².